The van der Waals surface area contributed by atoms with E-state index in [0.717, 1.165) is 6.04 Å². The molecule has 1 fully saturated rings. The van der Waals surface area contributed by atoms with Gasteiger partial charge in [-0.1, -0.05) is 0 Å². The van der Waals surface area contributed by atoms with Crippen LogP contribution in [-0.2, 0) is 0 Å². The fraction of sp³-hybridized carbons (Fsp3) is 1.00. The van der Waals surface area contributed by atoms with Gasteiger partial charge in [0, 0.05) is 24.7 Å². The highest BCUT2D eigenvalue weighted by Crippen LogP contribution is 2.20. The van der Waals surface area contributed by atoms with E-state index in [1.165, 1.54) is 13.1 Å². The minimum Gasteiger partial charge on any atom is -0.315 e. The average Bonchev–Trinajstić information content (AvgIpc) is 1.57. The molecule has 10 heavy (non-hydrogen) atoms. The number of hydrogen-bond acceptors (Lipinski definition) is 2. The first-order valence-corrected chi connectivity index (χ1v) is 3.96. The zero-order chi connectivity index (χ0) is 7.78. The fourth-order valence-corrected chi connectivity index (χ4v) is 1.21. The van der Waals surface area contributed by atoms with Gasteiger partial charge in [-0.3, -0.25) is 4.90 Å². The molecule has 0 aromatic carbocycles. The lowest BCUT2D eigenvalue weighted by atomic mass is 9.98. The van der Waals surface area contributed by atoms with E-state index in [0.29, 0.717) is 5.54 Å². The lowest BCUT2D eigenvalue weighted by Crippen LogP contribution is -2.62. The molecule has 0 unspecified atom stereocenters. The van der Waals surface area contributed by atoms with Crippen molar-refractivity contribution >= 4 is 0 Å². The van der Waals surface area contributed by atoms with E-state index in [1.807, 2.05) is 7.05 Å². The summed E-state index contributed by atoms with van der Waals surface area (Å²) in [6.07, 6.45) is 0. The normalized spacial score (nSPS) is 22.8. The molecule has 1 rings (SSSR count). The van der Waals surface area contributed by atoms with Gasteiger partial charge < -0.3 is 5.32 Å². The summed E-state index contributed by atoms with van der Waals surface area (Å²) < 4.78 is 0. The highest BCUT2D eigenvalue weighted by Gasteiger charge is 2.32. The van der Waals surface area contributed by atoms with E-state index in [4.69, 9.17) is 0 Å². The van der Waals surface area contributed by atoms with Crippen molar-refractivity contribution in [2.45, 2.75) is 32.4 Å². The third-order valence-corrected chi connectivity index (χ3v) is 2.24. The molecule has 60 valence electrons. The van der Waals surface area contributed by atoms with Crippen LogP contribution in [0.5, 0.6) is 0 Å². The molecule has 0 radical (unpaired) electrons. The van der Waals surface area contributed by atoms with Crippen molar-refractivity contribution in [1.29, 1.82) is 0 Å². The van der Waals surface area contributed by atoms with Crippen LogP contribution >= 0.6 is 0 Å². The molecule has 2 heteroatoms. The number of nitrogens with zero attached hydrogens (tertiary/aromatic N) is 1. The Morgan fingerprint density at radius 3 is 2.10 bits per heavy atom. The first-order valence-electron chi connectivity index (χ1n) is 3.96. The lowest BCUT2D eigenvalue weighted by molar-refractivity contribution is 0.0381. The van der Waals surface area contributed by atoms with Crippen molar-refractivity contribution in [3.8, 4) is 0 Å². The molecule has 0 saturated carbocycles. The van der Waals surface area contributed by atoms with Crippen LogP contribution in [-0.4, -0.2) is 36.6 Å². The highest BCUT2D eigenvalue weighted by molar-refractivity contribution is 4.91. The topological polar surface area (TPSA) is 15.3 Å². The first kappa shape index (κ1) is 8.02. The van der Waals surface area contributed by atoms with Crippen LogP contribution in [0.4, 0.5) is 0 Å². The second-order valence-electron chi connectivity index (χ2n) is 4.06. The third kappa shape index (κ3) is 1.50. The molecule has 0 atom stereocenters. The van der Waals surface area contributed by atoms with E-state index in [1.54, 1.807) is 0 Å². The second kappa shape index (κ2) is 2.51. The monoisotopic (exact) mass is 142 g/mol. The molecule has 1 heterocycles. The Morgan fingerprint density at radius 2 is 1.80 bits per heavy atom. The predicted octanol–water partition coefficient (Wildman–Crippen LogP) is 0.688. The highest BCUT2D eigenvalue weighted by atomic mass is 15.3. The van der Waals surface area contributed by atoms with E-state index in [-0.39, 0.29) is 0 Å². The summed E-state index contributed by atoms with van der Waals surface area (Å²) in [6.45, 7) is 9.21. The Bertz CT molecular complexity index is 109. The Hall–Kier alpha value is -0.0800. The van der Waals surface area contributed by atoms with Gasteiger partial charge in [0.2, 0.25) is 0 Å². The van der Waals surface area contributed by atoms with Gasteiger partial charge in [-0.15, -0.1) is 0 Å². The smallest absolute Gasteiger partial charge is 0.0320 e. The Morgan fingerprint density at radius 1 is 1.30 bits per heavy atom. The largest absolute Gasteiger partial charge is 0.315 e. The van der Waals surface area contributed by atoms with Crippen molar-refractivity contribution in [1.82, 2.24) is 10.2 Å². The molecule has 1 N–H and O–H groups in total. The molecule has 1 saturated heterocycles. The van der Waals surface area contributed by atoms with Gasteiger partial charge >= 0.3 is 0 Å². The summed E-state index contributed by atoms with van der Waals surface area (Å²) >= 11 is 0. The van der Waals surface area contributed by atoms with E-state index >= 15 is 0 Å². The SMILES string of the molecule is CNC1CN(C(C)(C)C)C1. The maximum absolute atomic E-state index is 3.26. The van der Waals surface area contributed by atoms with E-state index in [9.17, 15) is 0 Å². The summed E-state index contributed by atoms with van der Waals surface area (Å²) in [5, 5.41) is 3.26. The van der Waals surface area contributed by atoms with Gasteiger partial charge in [-0.2, -0.15) is 0 Å². The molecule has 1 aliphatic heterocycles. The zero-order valence-electron chi connectivity index (χ0n) is 7.44. The number of rotatable bonds is 1. The first-order chi connectivity index (χ1) is 4.54. The lowest BCUT2D eigenvalue weighted by Gasteiger charge is -2.47. The number of likely N-dealkylation sites (N-methyl/N-ethyl adjacent to an activating group) is 1. The molecule has 0 bridgehead atoms. The van der Waals surface area contributed by atoms with Gasteiger partial charge in [0.1, 0.15) is 0 Å². The maximum Gasteiger partial charge on any atom is 0.0320 e. The molecular weight excluding hydrogens is 124 g/mol. The number of hydrogen-bond donors (Lipinski definition) is 1. The van der Waals surface area contributed by atoms with Gasteiger partial charge in [-0.05, 0) is 27.8 Å². The van der Waals surface area contributed by atoms with E-state index < -0.39 is 0 Å². The van der Waals surface area contributed by atoms with Crippen molar-refractivity contribution in [2.24, 2.45) is 0 Å². The summed E-state index contributed by atoms with van der Waals surface area (Å²) in [5.74, 6) is 0. The summed E-state index contributed by atoms with van der Waals surface area (Å²) in [7, 11) is 2.03. The van der Waals surface area contributed by atoms with Crippen molar-refractivity contribution in [3.63, 3.8) is 0 Å². The van der Waals surface area contributed by atoms with Gasteiger partial charge in [0.05, 0.1) is 0 Å². The fourth-order valence-electron chi connectivity index (χ4n) is 1.21. The Kier molecular flexibility index (Phi) is 2.02. The second-order valence-corrected chi connectivity index (χ2v) is 4.06. The third-order valence-electron chi connectivity index (χ3n) is 2.24. The van der Waals surface area contributed by atoms with Gasteiger partial charge in [0.15, 0.2) is 0 Å². The van der Waals surface area contributed by atoms with Crippen LogP contribution in [0.3, 0.4) is 0 Å². The molecule has 2 nitrogen and oxygen atoms in total. The summed E-state index contributed by atoms with van der Waals surface area (Å²) in [6, 6.07) is 0.735. The molecular formula is C8H18N2. The van der Waals surface area contributed by atoms with Gasteiger partial charge in [0.25, 0.3) is 0 Å². The Balaban J connectivity index is 2.26. The molecule has 0 aromatic rings. The molecule has 1 aliphatic rings. The van der Waals surface area contributed by atoms with Crippen molar-refractivity contribution < 1.29 is 0 Å². The average molecular weight is 142 g/mol. The standard InChI is InChI=1S/C8H18N2/c1-8(2,3)10-5-7(6-10)9-4/h7,9H,5-6H2,1-4H3. The number of nitrogens with one attached hydrogen (secondary N) is 1. The molecule has 0 aromatic heterocycles. The van der Waals surface area contributed by atoms with Crippen LogP contribution in [0, 0.1) is 0 Å². The maximum atomic E-state index is 3.26. The van der Waals surface area contributed by atoms with Crippen LogP contribution in [0.1, 0.15) is 20.8 Å². The number of likely N-dealkylation sites (tertiary alicyclic amines) is 1. The summed E-state index contributed by atoms with van der Waals surface area (Å²) in [5.41, 5.74) is 0.368. The molecule has 0 spiro atoms. The van der Waals surface area contributed by atoms with Crippen LogP contribution in [0.2, 0.25) is 0 Å². The predicted molar refractivity (Wildman–Crippen MR) is 44.2 cm³/mol. The van der Waals surface area contributed by atoms with E-state index in [2.05, 4.69) is 31.0 Å². The van der Waals surface area contributed by atoms with Crippen LogP contribution in [0.15, 0.2) is 0 Å². The van der Waals surface area contributed by atoms with Crippen molar-refractivity contribution in [3.05, 3.63) is 0 Å². The quantitative estimate of drug-likeness (QED) is 0.579. The van der Waals surface area contributed by atoms with Gasteiger partial charge in [-0.25, -0.2) is 0 Å². The molecule has 0 amide bonds. The Labute approximate surface area is 63.6 Å². The summed E-state index contributed by atoms with van der Waals surface area (Å²) in [4.78, 5) is 2.48. The zero-order valence-corrected chi connectivity index (χ0v) is 7.44. The molecule has 0 aliphatic carbocycles. The van der Waals surface area contributed by atoms with Crippen molar-refractivity contribution in [2.75, 3.05) is 20.1 Å². The minimum absolute atomic E-state index is 0.368. The van der Waals surface area contributed by atoms with Crippen LogP contribution in [0.25, 0.3) is 0 Å². The minimum atomic E-state index is 0.368. The van der Waals surface area contributed by atoms with Crippen LogP contribution < -0.4 is 5.32 Å².